The Balaban J connectivity index is 1.36. The number of rotatable bonds is 10. The molecule has 5 aliphatic rings. The lowest BCUT2D eigenvalue weighted by Crippen LogP contribution is -2.65. The maximum Gasteiger partial charge on any atom is 0.339 e. The van der Waals surface area contributed by atoms with Crippen molar-refractivity contribution < 1.29 is 76.9 Å². The fraction of sp³-hybridized carbons (Fsp3) is 0.842. The number of aliphatic hydroxyl groups excluding tert-OH is 1. The molecule has 54 heavy (non-hydrogen) atoms. The zero-order valence-corrected chi connectivity index (χ0v) is 32.4. The lowest BCUT2D eigenvalue weighted by molar-refractivity contribution is -0.315. The summed E-state index contributed by atoms with van der Waals surface area (Å²) in [6, 6.07) is 0. The highest BCUT2D eigenvalue weighted by Gasteiger charge is 2.69. The van der Waals surface area contributed by atoms with Gasteiger partial charge in [0.05, 0.1) is 19.3 Å². The van der Waals surface area contributed by atoms with Crippen LogP contribution in [-0.2, 0) is 66.7 Å². The van der Waals surface area contributed by atoms with Crippen molar-refractivity contribution in [2.45, 2.75) is 154 Å². The summed E-state index contributed by atoms with van der Waals surface area (Å²) in [5.41, 5.74) is -2.65. The quantitative estimate of drug-likeness (QED) is 0.185. The van der Waals surface area contributed by atoms with E-state index in [0.29, 0.717) is 32.1 Å². The number of esters is 6. The second-order valence-electron chi connectivity index (χ2n) is 16.3. The number of methoxy groups -OCH3 is 1. The van der Waals surface area contributed by atoms with Crippen LogP contribution in [0.15, 0.2) is 0 Å². The van der Waals surface area contributed by atoms with Gasteiger partial charge in [-0.05, 0) is 80.5 Å². The number of ether oxygens (including phenoxy) is 8. The summed E-state index contributed by atoms with van der Waals surface area (Å²) in [5, 5.41) is 24.4. The van der Waals surface area contributed by atoms with E-state index in [4.69, 9.17) is 37.9 Å². The van der Waals surface area contributed by atoms with E-state index >= 15 is 0 Å². The molecule has 0 aromatic rings. The number of carbonyl (C=O) groups excluding carboxylic acids is 6. The summed E-state index contributed by atoms with van der Waals surface area (Å²) < 4.78 is 44.7. The summed E-state index contributed by atoms with van der Waals surface area (Å²) in [6.45, 7) is 9.76. The molecular weight excluding hydrogens is 712 g/mol. The first kappa shape index (κ1) is 41.8. The standard InChI is InChI=1S/C38H56O16/c1-18(39)48-17-28(49-19(2)40)38(46)14-12-26-25-10-9-23-15-24(11-13-36(23,6)29(25)27(44)16-37(26,38)7)53-35-33(52-22(5)43)31(51-21(4)42)30(50-20(3)41)32(54-35)34(45)47-8/h23-33,35,44,46H,9-17H2,1-8H3. The van der Waals surface area contributed by atoms with E-state index in [0.717, 1.165) is 40.7 Å². The van der Waals surface area contributed by atoms with E-state index in [1.807, 2.05) is 6.92 Å². The smallest absolute Gasteiger partial charge is 0.339 e. The van der Waals surface area contributed by atoms with Gasteiger partial charge in [-0.25, -0.2) is 4.79 Å². The van der Waals surface area contributed by atoms with Crippen molar-refractivity contribution in [2.75, 3.05) is 13.7 Å². The van der Waals surface area contributed by atoms with Gasteiger partial charge in [0.2, 0.25) is 0 Å². The molecule has 2 N–H and O–H groups in total. The van der Waals surface area contributed by atoms with Crippen molar-refractivity contribution in [3.63, 3.8) is 0 Å². The number of hydrogen-bond acceptors (Lipinski definition) is 16. The summed E-state index contributed by atoms with van der Waals surface area (Å²) in [6.07, 6.45) is -5.06. The Kier molecular flexibility index (Phi) is 12.4. The molecule has 0 aromatic carbocycles. The van der Waals surface area contributed by atoms with E-state index < -0.39 is 95.8 Å². The average molecular weight is 769 g/mol. The molecule has 304 valence electrons. The minimum atomic E-state index is -1.56. The number of fused-ring (bicyclic) bond motifs is 5. The van der Waals surface area contributed by atoms with Crippen LogP contribution >= 0.6 is 0 Å². The van der Waals surface area contributed by atoms with Gasteiger partial charge in [0, 0.05) is 40.0 Å². The van der Waals surface area contributed by atoms with Gasteiger partial charge in [-0.2, -0.15) is 0 Å². The summed E-state index contributed by atoms with van der Waals surface area (Å²) in [4.78, 5) is 73.3. The van der Waals surface area contributed by atoms with E-state index in [2.05, 4.69) is 6.92 Å². The van der Waals surface area contributed by atoms with E-state index in [1.165, 1.54) is 13.8 Å². The van der Waals surface area contributed by atoms with Gasteiger partial charge >= 0.3 is 35.8 Å². The first-order valence-corrected chi connectivity index (χ1v) is 18.9. The monoisotopic (exact) mass is 768 g/mol. The van der Waals surface area contributed by atoms with Gasteiger partial charge in [-0.1, -0.05) is 13.8 Å². The van der Waals surface area contributed by atoms with Crippen molar-refractivity contribution >= 4 is 35.8 Å². The molecule has 0 aromatic heterocycles. The molecule has 4 aliphatic carbocycles. The molecule has 16 heteroatoms. The lowest BCUT2D eigenvalue weighted by atomic mass is 9.43. The molecule has 1 heterocycles. The molecule has 5 rings (SSSR count). The highest BCUT2D eigenvalue weighted by Crippen LogP contribution is 2.69. The highest BCUT2D eigenvalue weighted by atomic mass is 16.7. The van der Waals surface area contributed by atoms with Crippen molar-refractivity contribution in [3.05, 3.63) is 0 Å². The SMILES string of the molecule is COC(=O)C1OC(OC2CCC3(C)C(CCC4C3C(O)CC3(C)C4CCC3(O)C(COC(C)=O)OC(C)=O)C2)C(OC(C)=O)C(OC(C)=O)C1OC(C)=O. The fourth-order valence-corrected chi connectivity index (χ4v) is 11.1. The average Bonchev–Trinajstić information content (AvgIpc) is 3.34. The molecule has 5 fully saturated rings. The van der Waals surface area contributed by atoms with Crippen LogP contribution in [0.25, 0.3) is 0 Å². The maximum absolute atomic E-state index is 12.9. The van der Waals surface area contributed by atoms with Crippen molar-refractivity contribution in [1.82, 2.24) is 0 Å². The summed E-state index contributed by atoms with van der Waals surface area (Å²) >= 11 is 0. The van der Waals surface area contributed by atoms with Gasteiger partial charge in [0.25, 0.3) is 0 Å². The molecule has 0 radical (unpaired) electrons. The van der Waals surface area contributed by atoms with Crippen LogP contribution in [0, 0.1) is 34.5 Å². The van der Waals surface area contributed by atoms with Crippen molar-refractivity contribution in [1.29, 1.82) is 0 Å². The molecular formula is C38H56O16. The largest absolute Gasteiger partial charge is 0.467 e. The highest BCUT2D eigenvalue weighted by molar-refractivity contribution is 5.77. The minimum absolute atomic E-state index is 0.0109. The van der Waals surface area contributed by atoms with Crippen LogP contribution in [0.2, 0.25) is 0 Å². The summed E-state index contributed by atoms with van der Waals surface area (Å²) in [7, 11) is 1.12. The maximum atomic E-state index is 12.9. The molecule has 0 spiro atoms. The third-order valence-corrected chi connectivity index (χ3v) is 13.2. The van der Waals surface area contributed by atoms with Crippen LogP contribution in [0.5, 0.6) is 0 Å². The van der Waals surface area contributed by atoms with Crippen molar-refractivity contribution in [2.24, 2.45) is 34.5 Å². The molecule has 16 nitrogen and oxygen atoms in total. The molecule has 0 amide bonds. The van der Waals surface area contributed by atoms with Crippen molar-refractivity contribution in [3.8, 4) is 0 Å². The second-order valence-corrected chi connectivity index (χ2v) is 16.3. The summed E-state index contributed by atoms with van der Waals surface area (Å²) in [5.74, 6) is -4.31. The lowest BCUT2D eigenvalue weighted by Gasteiger charge is -2.63. The van der Waals surface area contributed by atoms with Gasteiger partial charge in [-0.3, -0.25) is 24.0 Å². The molecule has 15 unspecified atom stereocenters. The Morgan fingerprint density at radius 2 is 1.43 bits per heavy atom. The van der Waals surface area contributed by atoms with Gasteiger partial charge in [0.1, 0.15) is 12.2 Å². The Labute approximate surface area is 315 Å². The molecule has 1 saturated heterocycles. The first-order valence-electron chi connectivity index (χ1n) is 18.9. The Morgan fingerprint density at radius 1 is 0.796 bits per heavy atom. The van der Waals surface area contributed by atoms with E-state index in [1.54, 1.807) is 0 Å². The number of aliphatic hydroxyl groups is 2. The topological polar surface area (TPSA) is 217 Å². The Morgan fingerprint density at radius 3 is 2.02 bits per heavy atom. The van der Waals surface area contributed by atoms with Crippen LogP contribution in [0.1, 0.15) is 99.8 Å². The zero-order chi connectivity index (χ0) is 39.9. The van der Waals surface area contributed by atoms with E-state index in [9.17, 15) is 39.0 Å². The van der Waals surface area contributed by atoms with E-state index in [-0.39, 0.29) is 42.1 Å². The number of carbonyl (C=O) groups is 6. The van der Waals surface area contributed by atoms with Gasteiger partial charge in [0.15, 0.2) is 36.8 Å². The fourth-order valence-electron chi connectivity index (χ4n) is 11.1. The predicted octanol–water partition coefficient (Wildman–Crippen LogP) is 2.30. The third kappa shape index (κ3) is 7.85. The second kappa shape index (κ2) is 16.0. The first-order chi connectivity index (χ1) is 25.2. The van der Waals surface area contributed by atoms with Crippen LogP contribution in [0.4, 0.5) is 0 Å². The predicted molar refractivity (Wildman–Crippen MR) is 182 cm³/mol. The van der Waals surface area contributed by atoms with Crippen LogP contribution < -0.4 is 0 Å². The Bertz CT molecular complexity index is 1470. The minimum Gasteiger partial charge on any atom is -0.467 e. The third-order valence-electron chi connectivity index (χ3n) is 13.2. The van der Waals surface area contributed by atoms with Crippen LogP contribution in [0.3, 0.4) is 0 Å². The normalized spacial score (nSPS) is 41.8. The van der Waals surface area contributed by atoms with Crippen LogP contribution in [-0.4, -0.2) is 114 Å². The molecule has 0 bridgehead atoms. The molecule has 15 atom stereocenters. The zero-order valence-electron chi connectivity index (χ0n) is 32.4. The molecule has 1 aliphatic heterocycles. The molecule has 4 saturated carbocycles. The Hall–Kier alpha value is -3.34. The van der Waals surface area contributed by atoms with Gasteiger partial charge < -0.3 is 48.1 Å². The van der Waals surface area contributed by atoms with Gasteiger partial charge in [-0.15, -0.1) is 0 Å². The number of hydrogen-bond donors (Lipinski definition) is 2.